The van der Waals surface area contributed by atoms with E-state index in [0.717, 1.165) is 0 Å². The van der Waals surface area contributed by atoms with E-state index < -0.39 is 0 Å². The van der Waals surface area contributed by atoms with Crippen LogP contribution in [0.15, 0.2) is 0 Å². The van der Waals surface area contributed by atoms with Crippen molar-refractivity contribution in [1.82, 2.24) is 4.90 Å². The van der Waals surface area contributed by atoms with Crippen LogP contribution < -0.4 is 0 Å². The smallest absolute Gasteiger partial charge is 0.222 e. The molecular formula is C11H21NO2. The van der Waals surface area contributed by atoms with Gasteiger partial charge in [0.25, 0.3) is 0 Å². The van der Waals surface area contributed by atoms with Gasteiger partial charge in [-0.05, 0) is 32.1 Å². The van der Waals surface area contributed by atoms with Crippen molar-refractivity contribution in [1.29, 1.82) is 0 Å². The first-order valence-corrected chi connectivity index (χ1v) is 5.51. The lowest BCUT2D eigenvalue weighted by Gasteiger charge is -2.27. The van der Waals surface area contributed by atoms with Crippen molar-refractivity contribution in [3.05, 3.63) is 0 Å². The molecule has 0 aromatic rings. The number of hydrogen-bond acceptors (Lipinski definition) is 2. The van der Waals surface area contributed by atoms with Crippen molar-refractivity contribution in [2.45, 2.75) is 45.1 Å². The highest BCUT2D eigenvalue weighted by atomic mass is 16.3. The third kappa shape index (κ3) is 3.66. The molecule has 0 aromatic carbocycles. The summed E-state index contributed by atoms with van der Waals surface area (Å²) in [5.74, 6) is 0.867. The molecule has 0 radical (unpaired) electrons. The van der Waals surface area contributed by atoms with Gasteiger partial charge in [-0.1, -0.05) is 6.42 Å². The van der Waals surface area contributed by atoms with Crippen molar-refractivity contribution in [2.24, 2.45) is 5.92 Å². The average molecular weight is 199 g/mol. The van der Waals surface area contributed by atoms with E-state index in [4.69, 9.17) is 5.11 Å². The fraction of sp³-hybridized carbons (Fsp3) is 0.909. The number of amides is 1. The summed E-state index contributed by atoms with van der Waals surface area (Å²) in [6, 6.07) is 0. The van der Waals surface area contributed by atoms with Gasteiger partial charge in [-0.2, -0.15) is 0 Å². The second-order valence-corrected chi connectivity index (χ2v) is 4.45. The zero-order chi connectivity index (χ0) is 10.6. The van der Waals surface area contributed by atoms with Gasteiger partial charge < -0.3 is 10.0 Å². The largest absolute Gasteiger partial charge is 0.393 e. The molecule has 0 aliphatic heterocycles. The molecule has 1 fully saturated rings. The minimum atomic E-state index is -0.311. The van der Waals surface area contributed by atoms with Crippen LogP contribution in [0.25, 0.3) is 0 Å². The van der Waals surface area contributed by atoms with E-state index in [-0.39, 0.29) is 12.0 Å². The summed E-state index contributed by atoms with van der Waals surface area (Å²) < 4.78 is 0. The number of aliphatic hydroxyl groups is 1. The molecule has 1 aliphatic rings. The van der Waals surface area contributed by atoms with Crippen LogP contribution in [0, 0.1) is 5.92 Å². The summed E-state index contributed by atoms with van der Waals surface area (Å²) in [6.07, 6.45) is 4.79. The molecule has 14 heavy (non-hydrogen) atoms. The normalized spacial score (nSPS) is 18.8. The first-order chi connectivity index (χ1) is 6.59. The molecular weight excluding hydrogens is 178 g/mol. The van der Waals surface area contributed by atoms with Crippen molar-refractivity contribution in [2.75, 3.05) is 13.6 Å². The molecule has 3 nitrogen and oxygen atoms in total. The first-order valence-electron chi connectivity index (χ1n) is 5.51. The number of rotatable bonds is 5. The molecule has 0 spiro atoms. The molecule has 1 rings (SSSR count). The Labute approximate surface area is 86.1 Å². The van der Waals surface area contributed by atoms with E-state index in [1.54, 1.807) is 11.8 Å². The Kier molecular flexibility index (Phi) is 4.39. The highest BCUT2D eigenvalue weighted by Gasteiger charge is 2.22. The second kappa shape index (κ2) is 5.35. The molecule has 1 atom stereocenters. The third-order valence-corrected chi connectivity index (χ3v) is 3.00. The molecule has 0 heterocycles. The molecule has 0 bridgehead atoms. The van der Waals surface area contributed by atoms with Gasteiger partial charge in [0, 0.05) is 20.0 Å². The molecule has 1 unspecified atom stereocenters. The third-order valence-electron chi connectivity index (χ3n) is 3.00. The van der Waals surface area contributed by atoms with Crippen LogP contribution in [0.1, 0.15) is 39.0 Å². The molecule has 3 heteroatoms. The van der Waals surface area contributed by atoms with Gasteiger partial charge in [0.1, 0.15) is 0 Å². The fourth-order valence-electron chi connectivity index (χ4n) is 1.60. The molecule has 82 valence electrons. The minimum Gasteiger partial charge on any atom is -0.393 e. The van der Waals surface area contributed by atoms with E-state index in [9.17, 15) is 4.79 Å². The topological polar surface area (TPSA) is 40.5 Å². The summed E-state index contributed by atoms with van der Waals surface area (Å²) >= 11 is 0. The summed E-state index contributed by atoms with van der Waals surface area (Å²) in [4.78, 5) is 13.3. The van der Waals surface area contributed by atoms with Crippen LogP contribution >= 0.6 is 0 Å². The van der Waals surface area contributed by atoms with Gasteiger partial charge in [0.2, 0.25) is 5.91 Å². The van der Waals surface area contributed by atoms with Crippen molar-refractivity contribution in [3.8, 4) is 0 Å². The van der Waals surface area contributed by atoms with E-state index in [1.807, 2.05) is 7.05 Å². The van der Waals surface area contributed by atoms with Crippen molar-refractivity contribution in [3.63, 3.8) is 0 Å². The Morgan fingerprint density at radius 3 is 2.64 bits per heavy atom. The molecule has 1 aliphatic carbocycles. The average Bonchev–Trinajstić information content (AvgIpc) is 2.06. The predicted molar refractivity (Wildman–Crippen MR) is 55.9 cm³/mol. The van der Waals surface area contributed by atoms with Crippen LogP contribution in [0.2, 0.25) is 0 Å². The Balaban J connectivity index is 2.14. The van der Waals surface area contributed by atoms with E-state index in [0.29, 0.717) is 25.3 Å². The maximum Gasteiger partial charge on any atom is 0.222 e. The molecule has 0 saturated heterocycles. The fourth-order valence-corrected chi connectivity index (χ4v) is 1.60. The Morgan fingerprint density at radius 1 is 1.57 bits per heavy atom. The maximum atomic E-state index is 11.6. The Bertz CT molecular complexity index is 188. The van der Waals surface area contributed by atoms with E-state index in [2.05, 4.69) is 0 Å². The number of carbonyl (C=O) groups excluding carboxylic acids is 1. The van der Waals surface area contributed by atoms with Crippen LogP contribution in [-0.2, 0) is 4.79 Å². The van der Waals surface area contributed by atoms with Crippen LogP contribution in [0.5, 0.6) is 0 Å². The van der Waals surface area contributed by atoms with Gasteiger partial charge in [-0.15, -0.1) is 0 Å². The van der Waals surface area contributed by atoms with Crippen LogP contribution in [0.3, 0.4) is 0 Å². The molecule has 0 aromatic heterocycles. The Morgan fingerprint density at radius 2 is 2.21 bits per heavy atom. The van der Waals surface area contributed by atoms with Crippen LogP contribution in [-0.4, -0.2) is 35.6 Å². The standard InChI is InChI=1S/C11H21NO2/c1-9(13)6-7-12(2)11(14)8-10-4-3-5-10/h9-10,13H,3-8H2,1-2H3. The lowest BCUT2D eigenvalue weighted by molar-refractivity contribution is -0.131. The maximum absolute atomic E-state index is 11.6. The Hall–Kier alpha value is -0.570. The minimum absolute atomic E-state index is 0.232. The second-order valence-electron chi connectivity index (χ2n) is 4.45. The number of aliphatic hydroxyl groups excluding tert-OH is 1. The van der Waals surface area contributed by atoms with E-state index >= 15 is 0 Å². The first kappa shape index (κ1) is 11.5. The lowest BCUT2D eigenvalue weighted by atomic mass is 9.83. The molecule has 1 amide bonds. The predicted octanol–water partition coefficient (Wildman–Crippen LogP) is 1.41. The highest BCUT2D eigenvalue weighted by molar-refractivity contribution is 5.76. The van der Waals surface area contributed by atoms with E-state index in [1.165, 1.54) is 19.3 Å². The van der Waals surface area contributed by atoms with Crippen molar-refractivity contribution >= 4 is 5.91 Å². The summed E-state index contributed by atoms with van der Waals surface area (Å²) in [7, 11) is 1.82. The van der Waals surface area contributed by atoms with Gasteiger partial charge in [0.15, 0.2) is 0 Å². The zero-order valence-corrected chi connectivity index (χ0v) is 9.20. The van der Waals surface area contributed by atoms with Gasteiger partial charge in [-0.3, -0.25) is 4.79 Å². The summed E-state index contributed by atoms with van der Waals surface area (Å²) in [5.41, 5.74) is 0. The monoisotopic (exact) mass is 199 g/mol. The zero-order valence-electron chi connectivity index (χ0n) is 9.20. The van der Waals surface area contributed by atoms with Gasteiger partial charge >= 0.3 is 0 Å². The SMILES string of the molecule is CC(O)CCN(C)C(=O)CC1CCC1. The number of nitrogens with zero attached hydrogens (tertiary/aromatic N) is 1. The van der Waals surface area contributed by atoms with Gasteiger partial charge in [-0.25, -0.2) is 0 Å². The van der Waals surface area contributed by atoms with Crippen molar-refractivity contribution < 1.29 is 9.90 Å². The summed E-state index contributed by atoms with van der Waals surface area (Å²) in [6.45, 7) is 2.42. The number of hydrogen-bond donors (Lipinski definition) is 1. The molecule has 1 N–H and O–H groups in total. The lowest BCUT2D eigenvalue weighted by Crippen LogP contribution is -2.32. The van der Waals surface area contributed by atoms with Crippen LogP contribution in [0.4, 0.5) is 0 Å². The summed E-state index contributed by atoms with van der Waals surface area (Å²) in [5, 5.41) is 9.08. The molecule has 1 saturated carbocycles. The highest BCUT2D eigenvalue weighted by Crippen LogP contribution is 2.29. The van der Waals surface area contributed by atoms with Gasteiger partial charge in [0.05, 0.1) is 6.10 Å². The number of carbonyl (C=O) groups is 1. The quantitative estimate of drug-likeness (QED) is 0.727.